The van der Waals surface area contributed by atoms with Crippen molar-refractivity contribution in [3.8, 4) is 5.82 Å². The molecule has 0 atom stereocenters. The monoisotopic (exact) mass is 402 g/mol. The summed E-state index contributed by atoms with van der Waals surface area (Å²) in [5.74, 6) is 1.62. The van der Waals surface area contributed by atoms with Gasteiger partial charge < -0.3 is 9.47 Å². The molecule has 0 aliphatic heterocycles. The maximum Gasteiger partial charge on any atom is 0.257 e. The van der Waals surface area contributed by atoms with Gasteiger partial charge in [-0.3, -0.25) is 4.79 Å². The zero-order valence-electron chi connectivity index (χ0n) is 17.8. The van der Waals surface area contributed by atoms with E-state index in [-0.39, 0.29) is 11.8 Å². The van der Waals surface area contributed by atoms with E-state index in [9.17, 15) is 4.79 Å². The van der Waals surface area contributed by atoms with Crippen LogP contribution in [-0.4, -0.2) is 42.2 Å². The lowest BCUT2D eigenvalue weighted by molar-refractivity contribution is 0.0778. The van der Waals surface area contributed by atoms with Crippen molar-refractivity contribution in [3.63, 3.8) is 0 Å². The van der Waals surface area contributed by atoms with Crippen molar-refractivity contribution >= 4 is 16.9 Å². The summed E-state index contributed by atoms with van der Waals surface area (Å²) < 4.78 is 3.91. The molecule has 1 amide bonds. The van der Waals surface area contributed by atoms with E-state index in [0.29, 0.717) is 17.9 Å². The van der Waals surface area contributed by atoms with Gasteiger partial charge in [-0.25, -0.2) is 14.6 Å². The van der Waals surface area contributed by atoms with E-state index in [1.807, 2.05) is 43.4 Å². The van der Waals surface area contributed by atoms with Gasteiger partial charge in [-0.05, 0) is 37.1 Å². The smallest absolute Gasteiger partial charge is 0.257 e. The van der Waals surface area contributed by atoms with Crippen molar-refractivity contribution < 1.29 is 4.79 Å². The highest BCUT2D eigenvalue weighted by Crippen LogP contribution is 2.24. The molecule has 0 bridgehead atoms. The highest BCUT2D eigenvalue weighted by atomic mass is 16.2. The Kier molecular flexibility index (Phi) is 5.35. The van der Waals surface area contributed by atoms with E-state index < -0.39 is 0 Å². The first-order valence-electron chi connectivity index (χ1n) is 10.2. The Hall–Kier alpha value is -3.48. The van der Waals surface area contributed by atoms with E-state index in [4.69, 9.17) is 4.98 Å². The quantitative estimate of drug-likeness (QED) is 0.488. The number of imidazole rings is 1. The minimum absolute atomic E-state index is 0.0735. The van der Waals surface area contributed by atoms with E-state index in [1.54, 1.807) is 22.0 Å². The molecule has 4 rings (SSSR count). The Morgan fingerprint density at radius 3 is 2.60 bits per heavy atom. The fourth-order valence-electron chi connectivity index (χ4n) is 3.83. The molecule has 0 spiro atoms. The van der Waals surface area contributed by atoms with Crippen molar-refractivity contribution in [2.75, 3.05) is 7.05 Å². The highest BCUT2D eigenvalue weighted by molar-refractivity contribution is 5.95. The number of fused-ring (bicyclic) bond motifs is 1. The maximum absolute atomic E-state index is 13.3. The summed E-state index contributed by atoms with van der Waals surface area (Å²) in [6.45, 7) is 7.43. The highest BCUT2D eigenvalue weighted by Gasteiger charge is 2.24. The first-order valence-corrected chi connectivity index (χ1v) is 10.2. The van der Waals surface area contributed by atoms with Crippen LogP contribution >= 0.6 is 0 Å². The molecule has 7 nitrogen and oxygen atoms in total. The Morgan fingerprint density at radius 2 is 1.90 bits per heavy atom. The van der Waals surface area contributed by atoms with Crippen LogP contribution in [0.1, 0.15) is 48.6 Å². The van der Waals surface area contributed by atoms with Gasteiger partial charge in [0.15, 0.2) is 5.82 Å². The van der Waals surface area contributed by atoms with Gasteiger partial charge in [-0.15, -0.1) is 0 Å². The molecule has 0 aliphatic rings. The molecule has 0 fully saturated rings. The summed E-state index contributed by atoms with van der Waals surface area (Å²) in [5, 5.41) is 4.47. The first kappa shape index (κ1) is 19.8. The number of aromatic nitrogens is 5. The number of aryl methyl sites for hydroxylation is 1. The van der Waals surface area contributed by atoms with Crippen LogP contribution in [0.4, 0.5) is 0 Å². The van der Waals surface area contributed by atoms with Gasteiger partial charge in [-0.1, -0.05) is 32.0 Å². The Bertz CT molecular complexity index is 1180. The molecule has 0 saturated heterocycles. The lowest BCUT2D eigenvalue weighted by Gasteiger charge is -2.19. The fourth-order valence-corrected chi connectivity index (χ4v) is 3.83. The minimum atomic E-state index is -0.0735. The summed E-state index contributed by atoms with van der Waals surface area (Å²) in [6.07, 6.45) is 3.37. The van der Waals surface area contributed by atoms with Crippen LogP contribution in [0.15, 0.2) is 54.9 Å². The number of hydrogen-bond donors (Lipinski definition) is 0. The molecular weight excluding hydrogens is 376 g/mol. The molecule has 0 unspecified atom stereocenters. The second kappa shape index (κ2) is 8.10. The van der Waals surface area contributed by atoms with Crippen LogP contribution in [0.2, 0.25) is 0 Å². The van der Waals surface area contributed by atoms with Crippen LogP contribution in [-0.2, 0) is 13.1 Å². The van der Waals surface area contributed by atoms with Crippen molar-refractivity contribution in [2.45, 2.75) is 39.8 Å². The van der Waals surface area contributed by atoms with Crippen molar-refractivity contribution in [2.24, 2.45) is 0 Å². The van der Waals surface area contributed by atoms with Gasteiger partial charge in [-0.2, -0.15) is 5.10 Å². The number of para-hydroxylation sites is 2. The van der Waals surface area contributed by atoms with Gasteiger partial charge in [0.25, 0.3) is 5.91 Å². The number of benzene rings is 1. The fraction of sp³-hybridized carbons (Fsp3) is 0.304. The van der Waals surface area contributed by atoms with Crippen LogP contribution < -0.4 is 0 Å². The van der Waals surface area contributed by atoms with Crippen LogP contribution in [0.5, 0.6) is 0 Å². The molecule has 0 N–H and O–H groups in total. The number of rotatable bonds is 6. The Labute approximate surface area is 176 Å². The number of pyridine rings is 1. The molecule has 1 aromatic carbocycles. The number of amides is 1. The minimum Gasteiger partial charge on any atom is -0.334 e. The largest absolute Gasteiger partial charge is 0.334 e. The van der Waals surface area contributed by atoms with Gasteiger partial charge in [0.1, 0.15) is 5.82 Å². The predicted molar refractivity (Wildman–Crippen MR) is 117 cm³/mol. The van der Waals surface area contributed by atoms with E-state index in [0.717, 1.165) is 29.1 Å². The third-order valence-electron chi connectivity index (χ3n) is 5.23. The molecule has 154 valence electrons. The van der Waals surface area contributed by atoms with Gasteiger partial charge in [0, 0.05) is 19.8 Å². The van der Waals surface area contributed by atoms with Crippen molar-refractivity contribution in [3.05, 3.63) is 71.9 Å². The lowest BCUT2D eigenvalue weighted by atomic mass is 10.0. The SMILES string of the molecule is CCn1c(CN(C)C(=O)c2cnn(-c3ccccn3)c2C(C)C)nc2ccccc21. The van der Waals surface area contributed by atoms with Crippen LogP contribution in [0.25, 0.3) is 16.9 Å². The zero-order chi connectivity index (χ0) is 21.3. The number of carbonyl (C=O) groups excluding carboxylic acids is 1. The number of carbonyl (C=O) groups is 1. The van der Waals surface area contributed by atoms with Crippen molar-refractivity contribution in [1.82, 2.24) is 29.2 Å². The Morgan fingerprint density at radius 1 is 1.13 bits per heavy atom. The molecule has 7 heteroatoms. The molecule has 30 heavy (non-hydrogen) atoms. The second-order valence-corrected chi connectivity index (χ2v) is 7.62. The summed E-state index contributed by atoms with van der Waals surface area (Å²) in [7, 11) is 1.81. The average molecular weight is 403 g/mol. The molecule has 3 heterocycles. The van der Waals surface area contributed by atoms with E-state index >= 15 is 0 Å². The summed E-state index contributed by atoms with van der Waals surface area (Å²) in [6, 6.07) is 13.7. The standard InChI is InChI=1S/C23H26N6O/c1-5-28-19-11-7-6-10-18(19)26-21(28)15-27(4)23(30)17-14-25-29(22(17)16(2)3)20-12-8-9-13-24-20/h6-14,16H,5,15H2,1-4H3. The normalized spacial score (nSPS) is 11.4. The second-order valence-electron chi connectivity index (χ2n) is 7.62. The van der Waals surface area contributed by atoms with Gasteiger partial charge >= 0.3 is 0 Å². The Balaban J connectivity index is 1.66. The number of nitrogens with zero attached hydrogens (tertiary/aromatic N) is 6. The average Bonchev–Trinajstić information content (AvgIpc) is 3.35. The molecule has 0 saturated carbocycles. The lowest BCUT2D eigenvalue weighted by Crippen LogP contribution is -2.28. The molecular formula is C23H26N6O. The summed E-state index contributed by atoms with van der Waals surface area (Å²) in [5.41, 5.74) is 3.48. The van der Waals surface area contributed by atoms with E-state index in [2.05, 4.69) is 41.5 Å². The van der Waals surface area contributed by atoms with Gasteiger partial charge in [0.05, 0.1) is 35.0 Å². The molecule has 0 aliphatic carbocycles. The maximum atomic E-state index is 13.3. The summed E-state index contributed by atoms with van der Waals surface area (Å²) in [4.78, 5) is 24.2. The van der Waals surface area contributed by atoms with Crippen LogP contribution in [0.3, 0.4) is 0 Å². The number of hydrogen-bond acceptors (Lipinski definition) is 4. The first-order chi connectivity index (χ1) is 14.5. The third kappa shape index (κ3) is 3.47. The summed E-state index contributed by atoms with van der Waals surface area (Å²) >= 11 is 0. The van der Waals surface area contributed by atoms with Crippen LogP contribution in [0, 0.1) is 0 Å². The zero-order valence-corrected chi connectivity index (χ0v) is 17.8. The van der Waals surface area contributed by atoms with E-state index in [1.165, 1.54) is 0 Å². The predicted octanol–water partition coefficient (Wildman–Crippen LogP) is 4.03. The molecule has 4 aromatic rings. The third-order valence-corrected chi connectivity index (χ3v) is 5.23. The van der Waals surface area contributed by atoms with Gasteiger partial charge in [0.2, 0.25) is 0 Å². The molecule has 0 radical (unpaired) electrons. The molecule has 3 aromatic heterocycles. The van der Waals surface area contributed by atoms with Crippen molar-refractivity contribution in [1.29, 1.82) is 0 Å². The topological polar surface area (TPSA) is 68.8 Å².